The number of alkyl halides is 3. The van der Waals surface area contributed by atoms with Gasteiger partial charge in [-0.25, -0.2) is 0 Å². The minimum absolute atomic E-state index is 0.158. The van der Waals surface area contributed by atoms with Gasteiger partial charge in [-0.3, -0.25) is 4.99 Å². The lowest BCUT2D eigenvalue weighted by Gasteiger charge is -2.23. The van der Waals surface area contributed by atoms with E-state index in [0.29, 0.717) is 37.6 Å². The predicted molar refractivity (Wildman–Crippen MR) is 157 cm³/mol. The maximum absolute atomic E-state index is 13.0. The van der Waals surface area contributed by atoms with Crippen molar-refractivity contribution in [3.63, 3.8) is 0 Å². The van der Waals surface area contributed by atoms with Crippen LogP contribution in [0.2, 0.25) is 0 Å². The highest BCUT2D eigenvalue weighted by molar-refractivity contribution is 6.02. The van der Waals surface area contributed by atoms with Gasteiger partial charge in [0.25, 0.3) is 0 Å². The molecule has 4 aromatic rings. The lowest BCUT2D eigenvalue weighted by atomic mass is 10.00. The van der Waals surface area contributed by atoms with Gasteiger partial charge in [0, 0.05) is 31.1 Å². The van der Waals surface area contributed by atoms with Crippen LogP contribution in [0.25, 0.3) is 21.9 Å². The van der Waals surface area contributed by atoms with E-state index in [4.69, 9.17) is 14.5 Å². The summed E-state index contributed by atoms with van der Waals surface area (Å²) in [6, 6.07) is 24.9. The molecule has 2 aliphatic rings. The molecule has 2 heterocycles. The van der Waals surface area contributed by atoms with E-state index >= 15 is 0 Å². The third-order valence-corrected chi connectivity index (χ3v) is 7.69. The minimum atomic E-state index is -4.37. The van der Waals surface area contributed by atoms with E-state index < -0.39 is 17.8 Å². The number of halogens is 3. The summed E-state index contributed by atoms with van der Waals surface area (Å²) >= 11 is 0. The smallest absolute Gasteiger partial charge is 0.416 e. The molecule has 218 valence electrons. The summed E-state index contributed by atoms with van der Waals surface area (Å²) in [5.74, 6) is 2.28. The fourth-order valence-corrected chi connectivity index (χ4v) is 5.51. The number of aliphatic hydroxyl groups excluding tert-OH is 1. The number of aliphatic imine (C=N–C) groups is 1. The number of ether oxygens (including phenoxy) is 2. The van der Waals surface area contributed by atoms with Gasteiger partial charge in [-0.1, -0.05) is 54.6 Å². The average molecular weight is 576 g/mol. The normalized spacial score (nSPS) is 17.8. The topological polar surface area (TPSA) is 66.3 Å². The molecule has 0 amide bonds. The van der Waals surface area contributed by atoms with Gasteiger partial charge in [-0.2, -0.15) is 13.2 Å². The Morgan fingerprint density at radius 3 is 2.62 bits per heavy atom. The Morgan fingerprint density at radius 1 is 1.00 bits per heavy atom. The van der Waals surface area contributed by atoms with Gasteiger partial charge < -0.3 is 24.8 Å². The molecule has 0 spiro atoms. The van der Waals surface area contributed by atoms with Crippen LogP contribution in [-0.2, 0) is 6.18 Å². The number of nitrogens with zero attached hydrogens (tertiary/aromatic N) is 2. The average Bonchev–Trinajstić information content (AvgIpc) is 3.37. The SMILES string of the molecule is OC(CNC1CCN(C2=NCCOc3ccc(-c4ccc(C(F)(F)F)cc4)cc32)C1)COc1cccc2ccccc12. The van der Waals surface area contributed by atoms with Gasteiger partial charge in [0.15, 0.2) is 0 Å². The highest BCUT2D eigenvalue weighted by Gasteiger charge is 2.31. The maximum Gasteiger partial charge on any atom is 0.416 e. The van der Waals surface area contributed by atoms with Gasteiger partial charge in [-0.05, 0) is 53.3 Å². The molecule has 6 rings (SSSR count). The zero-order valence-electron chi connectivity index (χ0n) is 23.0. The summed E-state index contributed by atoms with van der Waals surface area (Å²) < 4.78 is 51.0. The Kier molecular flexibility index (Phi) is 8.04. The van der Waals surface area contributed by atoms with Crippen molar-refractivity contribution >= 4 is 16.6 Å². The van der Waals surface area contributed by atoms with Gasteiger partial charge in [0.2, 0.25) is 0 Å². The minimum Gasteiger partial charge on any atom is -0.491 e. The van der Waals surface area contributed by atoms with Crippen LogP contribution in [-0.4, -0.2) is 67.4 Å². The van der Waals surface area contributed by atoms with Crippen molar-refractivity contribution in [3.8, 4) is 22.6 Å². The van der Waals surface area contributed by atoms with Gasteiger partial charge in [0.1, 0.15) is 36.7 Å². The number of likely N-dealkylation sites (tertiary alicyclic amines) is 1. The van der Waals surface area contributed by atoms with Crippen LogP contribution in [0.15, 0.2) is 89.9 Å². The fourth-order valence-electron chi connectivity index (χ4n) is 5.51. The van der Waals surface area contributed by atoms with Gasteiger partial charge >= 0.3 is 6.18 Å². The van der Waals surface area contributed by atoms with Crippen LogP contribution in [0, 0.1) is 0 Å². The molecule has 6 nitrogen and oxygen atoms in total. The molecular formula is C33H32F3N3O3. The fraction of sp³-hybridized carbons (Fsp3) is 0.303. The van der Waals surface area contributed by atoms with Crippen LogP contribution >= 0.6 is 0 Å². The Hall–Kier alpha value is -4.08. The molecule has 2 atom stereocenters. The number of hydrogen-bond donors (Lipinski definition) is 2. The Labute approximate surface area is 242 Å². The van der Waals surface area contributed by atoms with Gasteiger partial charge in [0.05, 0.1) is 17.7 Å². The number of rotatable bonds is 7. The third-order valence-electron chi connectivity index (χ3n) is 7.69. The van der Waals surface area contributed by atoms with Crippen molar-refractivity contribution < 1.29 is 27.8 Å². The maximum atomic E-state index is 13.0. The molecule has 0 radical (unpaired) electrons. The van der Waals surface area contributed by atoms with Crippen LogP contribution in [0.4, 0.5) is 13.2 Å². The highest BCUT2D eigenvalue weighted by Crippen LogP contribution is 2.34. The second kappa shape index (κ2) is 12.0. The zero-order chi connectivity index (χ0) is 29.1. The molecule has 42 heavy (non-hydrogen) atoms. The first-order valence-corrected chi connectivity index (χ1v) is 14.1. The summed E-state index contributed by atoms with van der Waals surface area (Å²) in [6.07, 6.45) is -4.17. The third kappa shape index (κ3) is 6.22. The van der Waals surface area contributed by atoms with Crippen molar-refractivity contribution in [2.45, 2.75) is 24.7 Å². The summed E-state index contributed by atoms with van der Waals surface area (Å²) in [5, 5.41) is 16.2. The van der Waals surface area contributed by atoms with E-state index in [1.807, 2.05) is 60.7 Å². The molecular weight excluding hydrogens is 543 g/mol. The number of fused-ring (bicyclic) bond motifs is 2. The van der Waals surface area contributed by atoms with Crippen LogP contribution < -0.4 is 14.8 Å². The number of hydrogen-bond acceptors (Lipinski definition) is 6. The molecule has 2 unspecified atom stereocenters. The molecule has 9 heteroatoms. The molecule has 1 fully saturated rings. The largest absolute Gasteiger partial charge is 0.491 e. The summed E-state index contributed by atoms with van der Waals surface area (Å²) in [5.41, 5.74) is 1.64. The summed E-state index contributed by atoms with van der Waals surface area (Å²) in [4.78, 5) is 7.03. The lowest BCUT2D eigenvalue weighted by molar-refractivity contribution is -0.137. The highest BCUT2D eigenvalue weighted by atomic mass is 19.4. The molecule has 4 aromatic carbocycles. The van der Waals surface area contributed by atoms with E-state index in [-0.39, 0.29) is 12.6 Å². The van der Waals surface area contributed by atoms with E-state index in [2.05, 4.69) is 10.2 Å². The molecule has 1 saturated heterocycles. The van der Waals surface area contributed by atoms with Crippen molar-refractivity contribution in [1.29, 1.82) is 0 Å². The molecule has 2 aliphatic heterocycles. The standard InChI is InChI=1S/C33H32F3N3O3/c34-33(35,36)25-11-8-22(9-12-25)24-10-13-31-29(18-24)32(37-15-17-41-31)39-16-14-26(20-39)38-19-27(40)21-42-30-7-3-5-23-4-1-2-6-28(23)30/h1-13,18,26-27,38,40H,14-17,19-21H2. The second-order valence-electron chi connectivity index (χ2n) is 10.6. The molecule has 0 aromatic heterocycles. The van der Waals surface area contributed by atoms with E-state index in [0.717, 1.165) is 58.6 Å². The quantitative estimate of drug-likeness (QED) is 0.293. The molecule has 0 bridgehead atoms. The molecule has 2 N–H and O–H groups in total. The number of aliphatic hydroxyl groups is 1. The summed E-state index contributed by atoms with van der Waals surface area (Å²) in [7, 11) is 0. The van der Waals surface area contributed by atoms with Crippen LogP contribution in [0.1, 0.15) is 17.5 Å². The van der Waals surface area contributed by atoms with E-state index in [1.54, 1.807) is 0 Å². The first-order chi connectivity index (χ1) is 20.3. The predicted octanol–water partition coefficient (Wildman–Crippen LogP) is 5.77. The Morgan fingerprint density at radius 2 is 1.79 bits per heavy atom. The number of amidine groups is 1. The number of nitrogens with one attached hydrogen (secondary N) is 1. The van der Waals surface area contributed by atoms with Crippen molar-refractivity contribution in [2.24, 2.45) is 4.99 Å². The second-order valence-corrected chi connectivity index (χ2v) is 10.6. The van der Waals surface area contributed by atoms with Gasteiger partial charge in [-0.15, -0.1) is 0 Å². The number of benzene rings is 4. The molecule has 0 aliphatic carbocycles. The lowest BCUT2D eigenvalue weighted by Crippen LogP contribution is -2.40. The molecule has 0 saturated carbocycles. The Bertz CT molecular complexity index is 1570. The van der Waals surface area contributed by atoms with Crippen molar-refractivity contribution in [1.82, 2.24) is 10.2 Å². The first-order valence-electron chi connectivity index (χ1n) is 14.1. The van der Waals surface area contributed by atoms with E-state index in [1.165, 1.54) is 12.1 Å². The van der Waals surface area contributed by atoms with Crippen molar-refractivity contribution in [2.75, 3.05) is 39.4 Å². The van der Waals surface area contributed by atoms with Crippen LogP contribution in [0.3, 0.4) is 0 Å². The first kappa shape index (κ1) is 28.1. The zero-order valence-corrected chi connectivity index (χ0v) is 23.0. The Balaban J connectivity index is 1.08. The summed E-state index contributed by atoms with van der Waals surface area (Å²) in [6.45, 7) is 3.03. The van der Waals surface area contributed by atoms with Crippen LogP contribution in [0.5, 0.6) is 11.5 Å². The monoisotopic (exact) mass is 575 g/mol. The van der Waals surface area contributed by atoms with Crippen molar-refractivity contribution in [3.05, 3.63) is 96.1 Å². The van der Waals surface area contributed by atoms with E-state index in [9.17, 15) is 18.3 Å².